The molecule has 1 aromatic heterocycles. The summed E-state index contributed by atoms with van der Waals surface area (Å²) in [4.78, 5) is 14.3. The van der Waals surface area contributed by atoms with Gasteiger partial charge >= 0.3 is 0 Å². The number of aromatic nitrogens is 3. The minimum absolute atomic E-state index is 0.0489. The van der Waals surface area contributed by atoms with Crippen molar-refractivity contribution in [3.63, 3.8) is 0 Å². The first kappa shape index (κ1) is 23.2. The van der Waals surface area contributed by atoms with Crippen molar-refractivity contribution in [2.45, 2.75) is 31.4 Å². The molecular weight excluding hydrogens is 440 g/mol. The number of aliphatic hydroxyl groups is 2. The van der Waals surface area contributed by atoms with Gasteiger partial charge in [-0.15, -0.1) is 5.10 Å². The third-order valence-electron chi connectivity index (χ3n) is 6.27. The molecule has 7 nitrogen and oxygen atoms in total. The predicted molar refractivity (Wildman–Crippen MR) is 127 cm³/mol. The fourth-order valence-electron chi connectivity index (χ4n) is 4.31. The zero-order valence-corrected chi connectivity index (χ0v) is 19.4. The largest absolute Gasteiger partial charge is 0.395 e. The summed E-state index contributed by atoms with van der Waals surface area (Å²) in [5.41, 5.74) is 1.23. The molecule has 4 rings (SSSR count). The number of hydrogen-bond acceptors (Lipinski definition) is 5. The van der Waals surface area contributed by atoms with Gasteiger partial charge in [0.25, 0.3) is 5.91 Å². The second kappa shape index (κ2) is 9.47. The van der Waals surface area contributed by atoms with Crippen molar-refractivity contribution >= 4 is 23.2 Å². The fraction of sp³-hybridized carbons (Fsp3) is 0.320. The number of benzene rings is 2. The van der Waals surface area contributed by atoms with Crippen LogP contribution in [0, 0.1) is 5.92 Å². The maximum Gasteiger partial charge on any atom is 0.264 e. The Balaban J connectivity index is 1.42. The predicted octanol–water partition coefficient (Wildman–Crippen LogP) is 3.50. The number of halogens is 1. The molecule has 1 aliphatic heterocycles. The Bertz CT molecular complexity index is 1160. The van der Waals surface area contributed by atoms with Crippen LogP contribution in [0.15, 0.2) is 66.9 Å². The Morgan fingerprint density at radius 2 is 1.97 bits per heavy atom. The highest BCUT2D eigenvalue weighted by atomic mass is 35.5. The number of fused-ring (bicyclic) bond motifs is 1. The maximum atomic E-state index is 12.9. The minimum atomic E-state index is -1.66. The van der Waals surface area contributed by atoms with Gasteiger partial charge in [-0.1, -0.05) is 66.2 Å². The zero-order chi connectivity index (χ0) is 23.6. The number of aliphatic hydroxyl groups excluding tert-OH is 1. The summed E-state index contributed by atoms with van der Waals surface area (Å²) < 4.78 is 1.73. The topological polar surface area (TPSA) is 91.5 Å². The molecule has 2 heterocycles. The van der Waals surface area contributed by atoms with E-state index >= 15 is 0 Å². The molecule has 2 N–H and O–H groups in total. The number of carbonyl (C=O) groups is 1. The molecule has 0 saturated heterocycles. The van der Waals surface area contributed by atoms with E-state index in [9.17, 15) is 15.0 Å². The Hall–Kier alpha value is -3.00. The van der Waals surface area contributed by atoms with Crippen LogP contribution in [0.5, 0.6) is 0 Å². The second-order valence-electron chi connectivity index (χ2n) is 8.35. The summed E-state index contributed by atoms with van der Waals surface area (Å²) >= 11 is 6.13. The van der Waals surface area contributed by atoms with Gasteiger partial charge in [-0.3, -0.25) is 9.48 Å². The van der Waals surface area contributed by atoms with Gasteiger partial charge in [0.1, 0.15) is 0 Å². The van der Waals surface area contributed by atoms with Gasteiger partial charge in [0.2, 0.25) is 0 Å². The smallest absolute Gasteiger partial charge is 0.264 e. The summed E-state index contributed by atoms with van der Waals surface area (Å²) in [5, 5.41) is 30.0. The summed E-state index contributed by atoms with van der Waals surface area (Å²) in [6.45, 7) is 2.35. The van der Waals surface area contributed by atoms with Crippen molar-refractivity contribution in [1.29, 1.82) is 0 Å². The van der Waals surface area contributed by atoms with Crippen LogP contribution >= 0.6 is 11.6 Å². The molecule has 33 heavy (non-hydrogen) atoms. The lowest BCUT2D eigenvalue weighted by Crippen LogP contribution is -2.43. The van der Waals surface area contributed by atoms with Crippen LogP contribution in [0.3, 0.4) is 0 Å². The fourth-order valence-corrected chi connectivity index (χ4v) is 4.48. The Kier molecular flexibility index (Phi) is 6.65. The maximum absolute atomic E-state index is 12.9. The van der Waals surface area contributed by atoms with E-state index in [1.165, 1.54) is 4.90 Å². The van der Waals surface area contributed by atoms with E-state index in [4.69, 9.17) is 11.6 Å². The van der Waals surface area contributed by atoms with Crippen molar-refractivity contribution in [3.8, 4) is 0 Å². The van der Waals surface area contributed by atoms with E-state index < -0.39 is 11.5 Å². The highest BCUT2D eigenvalue weighted by Crippen LogP contribution is 2.45. The molecule has 3 atom stereocenters. The number of likely N-dealkylation sites (N-methyl/N-ethyl adjacent to an activating group) is 1. The molecule has 0 bridgehead atoms. The molecule has 0 radical (unpaired) electrons. The first-order valence-electron chi connectivity index (χ1n) is 10.9. The van der Waals surface area contributed by atoms with Gasteiger partial charge in [-0.25, -0.2) is 0 Å². The molecule has 0 aliphatic carbocycles. The molecule has 0 spiro atoms. The number of carbonyl (C=O) groups excluding carboxylic acids is 1. The highest BCUT2D eigenvalue weighted by molar-refractivity contribution is 6.31. The number of allylic oxidation sites excluding steroid dienone is 1. The molecule has 172 valence electrons. The molecule has 3 aromatic rings. The molecular formula is C25H27ClN4O3. The molecule has 8 heteroatoms. The lowest BCUT2D eigenvalue weighted by atomic mass is 9.83. The quantitative estimate of drug-likeness (QED) is 0.496. The molecule has 0 saturated carbocycles. The Labute approximate surface area is 197 Å². The lowest BCUT2D eigenvalue weighted by Gasteiger charge is -2.27. The van der Waals surface area contributed by atoms with Gasteiger partial charge in [-0.2, -0.15) is 0 Å². The van der Waals surface area contributed by atoms with Crippen molar-refractivity contribution in [3.05, 3.63) is 88.7 Å². The van der Waals surface area contributed by atoms with Crippen molar-refractivity contribution in [2.75, 3.05) is 18.6 Å². The van der Waals surface area contributed by atoms with E-state index in [1.54, 1.807) is 29.9 Å². The van der Waals surface area contributed by atoms with Gasteiger partial charge in [0.15, 0.2) is 5.60 Å². The van der Waals surface area contributed by atoms with Gasteiger partial charge in [0.05, 0.1) is 23.9 Å². The molecule has 1 amide bonds. The summed E-state index contributed by atoms with van der Waals surface area (Å²) in [6.07, 6.45) is 6.26. The number of hydrogen-bond donors (Lipinski definition) is 2. The van der Waals surface area contributed by atoms with Gasteiger partial charge in [0, 0.05) is 36.3 Å². The van der Waals surface area contributed by atoms with E-state index in [2.05, 4.69) is 10.3 Å². The van der Waals surface area contributed by atoms with Gasteiger partial charge < -0.3 is 15.1 Å². The first-order valence-corrected chi connectivity index (χ1v) is 11.3. The van der Waals surface area contributed by atoms with Crippen LogP contribution in [0.25, 0.3) is 0 Å². The summed E-state index contributed by atoms with van der Waals surface area (Å²) in [6, 6.07) is 14.8. The summed E-state index contributed by atoms with van der Waals surface area (Å²) in [5.74, 6) is -1.04. The highest BCUT2D eigenvalue weighted by Gasteiger charge is 2.51. The third kappa shape index (κ3) is 4.31. The van der Waals surface area contributed by atoms with E-state index in [-0.39, 0.29) is 18.4 Å². The minimum Gasteiger partial charge on any atom is -0.395 e. The van der Waals surface area contributed by atoms with Gasteiger partial charge in [-0.05, 0) is 30.2 Å². The summed E-state index contributed by atoms with van der Waals surface area (Å²) in [7, 11) is 1.65. The van der Waals surface area contributed by atoms with Crippen LogP contribution in [0.1, 0.15) is 36.1 Å². The van der Waals surface area contributed by atoms with Crippen LogP contribution in [0.2, 0.25) is 5.02 Å². The van der Waals surface area contributed by atoms with E-state index in [0.29, 0.717) is 34.9 Å². The third-order valence-corrected chi connectivity index (χ3v) is 6.50. The lowest BCUT2D eigenvalue weighted by molar-refractivity contribution is -0.139. The number of rotatable bonds is 8. The van der Waals surface area contributed by atoms with Crippen LogP contribution in [-0.2, 0) is 16.9 Å². The van der Waals surface area contributed by atoms with E-state index in [1.807, 2.05) is 55.6 Å². The Morgan fingerprint density at radius 3 is 2.70 bits per heavy atom. The SMILES string of the molecule is C[C@H](/C=C/CCn1cc(C(CO)c2ccccc2)nn1)[C@@]1(O)C(=O)N(C)c2ccc(Cl)cc21. The number of aryl methyl sites for hydroxylation is 1. The first-order chi connectivity index (χ1) is 15.9. The number of amides is 1. The normalized spacial score (nSPS) is 19.8. The zero-order valence-electron chi connectivity index (χ0n) is 18.6. The monoisotopic (exact) mass is 466 g/mol. The Morgan fingerprint density at radius 1 is 1.21 bits per heavy atom. The van der Waals surface area contributed by atoms with Crippen molar-refractivity contribution in [1.82, 2.24) is 15.0 Å². The number of anilines is 1. The van der Waals surface area contributed by atoms with Crippen LogP contribution in [0.4, 0.5) is 5.69 Å². The van der Waals surface area contributed by atoms with Crippen molar-refractivity contribution in [2.24, 2.45) is 5.92 Å². The molecule has 2 aromatic carbocycles. The average Bonchev–Trinajstić information content (AvgIpc) is 3.36. The van der Waals surface area contributed by atoms with Crippen molar-refractivity contribution < 1.29 is 15.0 Å². The molecule has 0 fully saturated rings. The molecule has 1 aliphatic rings. The van der Waals surface area contributed by atoms with Crippen LogP contribution in [-0.4, -0.2) is 44.8 Å². The van der Waals surface area contributed by atoms with Crippen LogP contribution < -0.4 is 4.90 Å². The van der Waals surface area contributed by atoms with E-state index in [0.717, 1.165) is 5.56 Å². The standard InChI is InChI=1S/C25H27ClN4O3/c1-17(25(33)21-14-19(26)11-12-23(21)29(2)24(25)32)8-6-7-13-30-15-22(27-28-30)20(16-31)18-9-4-3-5-10-18/h3-6,8-12,14-15,17,20,31,33H,7,13,16H2,1-2H3/b8-6+/t17-,20?,25+/m1/s1. The second-order valence-corrected chi connectivity index (χ2v) is 8.79. The molecule has 1 unspecified atom stereocenters. The number of nitrogens with zero attached hydrogens (tertiary/aromatic N) is 4. The average molecular weight is 467 g/mol.